The highest BCUT2D eigenvalue weighted by atomic mass is 16.5. The summed E-state index contributed by atoms with van der Waals surface area (Å²) < 4.78 is 7.25. The summed E-state index contributed by atoms with van der Waals surface area (Å²) in [6.07, 6.45) is 4.62. The molecule has 5 rings (SSSR count). The van der Waals surface area contributed by atoms with Crippen molar-refractivity contribution in [1.29, 1.82) is 0 Å². The SMILES string of the molecule is C[C@@H](CC(C)(C)O)N1Cc2cc(NC(=O)c3cnn4c3N=CCC4)c(N3CCOCC3)cc2C1=O. The van der Waals surface area contributed by atoms with E-state index in [1.54, 1.807) is 35.8 Å². The zero-order valence-electron chi connectivity index (χ0n) is 20.5. The molecule has 1 saturated heterocycles. The minimum atomic E-state index is -0.875. The number of carbonyl (C=O) groups excluding carboxylic acids is 2. The minimum absolute atomic E-state index is 0.0517. The number of hydrogen-bond donors (Lipinski definition) is 2. The van der Waals surface area contributed by atoms with Crippen LogP contribution in [0.1, 0.15) is 59.9 Å². The van der Waals surface area contributed by atoms with E-state index in [2.05, 4.69) is 20.3 Å². The van der Waals surface area contributed by atoms with Crippen LogP contribution < -0.4 is 10.2 Å². The highest BCUT2D eigenvalue weighted by molar-refractivity contribution is 6.10. The third-order valence-corrected chi connectivity index (χ3v) is 6.72. The van der Waals surface area contributed by atoms with Crippen LogP contribution in [0.15, 0.2) is 23.3 Å². The van der Waals surface area contributed by atoms with Gasteiger partial charge in [0, 0.05) is 50.4 Å². The number of anilines is 2. The fraction of sp³-hybridized carbons (Fsp3) is 0.520. The van der Waals surface area contributed by atoms with Crippen molar-refractivity contribution in [3.05, 3.63) is 35.0 Å². The zero-order valence-corrected chi connectivity index (χ0v) is 20.5. The molecular weight excluding hydrogens is 448 g/mol. The number of aliphatic imine (C=N–C) groups is 1. The molecule has 10 heteroatoms. The second-order valence-corrected chi connectivity index (χ2v) is 10.1. The molecule has 2 amide bonds. The molecule has 0 spiro atoms. The number of nitrogens with one attached hydrogen (secondary N) is 1. The van der Waals surface area contributed by atoms with Crippen molar-refractivity contribution >= 4 is 35.2 Å². The van der Waals surface area contributed by atoms with Crippen LogP contribution in [-0.2, 0) is 17.8 Å². The zero-order chi connectivity index (χ0) is 24.7. The maximum atomic E-state index is 13.3. The smallest absolute Gasteiger partial charge is 0.261 e. The van der Waals surface area contributed by atoms with Gasteiger partial charge in [0.05, 0.1) is 36.4 Å². The van der Waals surface area contributed by atoms with Gasteiger partial charge >= 0.3 is 0 Å². The third-order valence-electron chi connectivity index (χ3n) is 6.72. The highest BCUT2D eigenvalue weighted by Crippen LogP contribution is 2.37. The largest absolute Gasteiger partial charge is 0.390 e. The highest BCUT2D eigenvalue weighted by Gasteiger charge is 2.35. The van der Waals surface area contributed by atoms with E-state index in [1.165, 1.54) is 0 Å². The predicted molar refractivity (Wildman–Crippen MR) is 133 cm³/mol. The molecule has 1 fully saturated rings. The summed E-state index contributed by atoms with van der Waals surface area (Å²) in [4.78, 5) is 34.9. The number of nitrogens with zero attached hydrogens (tertiary/aromatic N) is 5. The van der Waals surface area contributed by atoms with E-state index in [-0.39, 0.29) is 17.9 Å². The average molecular weight is 481 g/mol. The Labute approximate surface area is 204 Å². The molecular formula is C25H32N6O4. The molecule has 0 unspecified atom stereocenters. The van der Waals surface area contributed by atoms with E-state index in [1.807, 2.05) is 19.1 Å². The first-order chi connectivity index (χ1) is 16.7. The molecule has 0 radical (unpaired) electrons. The summed E-state index contributed by atoms with van der Waals surface area (Å²) in [6.45, 7) is 9.09. The number of ether oxygens (including phenoxy) is 1. The number of aromatic nitrogens is 2. The molecule has 0 bridgehead atoms. The molecule has 1 atom stereocenters. The van der Waals surface area contributed by atoms with Crippen LogP contribution in [0.3, 0.4) is 0 Å². The summed E-state index contributed by atoms with van der Waals surface area (Å²) in [5, 5.41) is 17.6. The van der Waals surface area contributed by atoms with Crippen LogP contribution in [0.25, 0.3) is 0 Å². The van der Waals surface area contributed by atoms with E-state index in [0.717, 1.165) is 17.7 Å². The standard InChI is InChI=1S/C25H32N6O4/c1-16(13-25(2,3)34)30-15-17-11-20(21(12-18(17)24(30)33)29-7-9-35-10-8-29)28-23(32)19-14-27-31-6-4-5-26-22(19)31/h5,11-12,14,16,34H,4,6-10,13,15H2,1-3H3,(H,28,32)/t16-/m0/s1. The lowest BCUT2D eigenvalue weighted by atomic mass is 9.99. The Balaban J connectivity index is 1.47. The second-order valence-electron chi connectivity index (χ2n) is 10.1. The molecule has 35 heavy (non-hydrogen) atoms. The maximum absolute atomic E-state index is 13.3. The molecule has 2 N–H and O–H groups in total. The van der Waals surface area contributed by atoms with E-state index in [9.17, 15) is 14.7 Å². The van der Waals surface area contributed by atoms with Crippen molar-refractivity contribution in [2.45, 2.75) is 58.3 Å². The number of morpholine rings is 1. The Bertz CT molecular complexity index is 1180. The van der Waals surface area contributed by atoms with Gasteiger partial charge in [-0.15, -0.1) is 0 Å². The molecule has 0 saturated carbocycles. The first kappa shape index (κ1) is 23.5. The van der Waals surface area contributed by atoms with E-state index >= 15 is 0 Å². The molecule has 186 valence electrons. The fourth-order valence-electron chi connectivity index (χ4n) is 5.09. The Morgan fingerprint density at radius 3 is 2.77 bits per heavy atom. The van der Waals surface area contributed by atoms with Gasteiger partial charge in [-0.2, -0.15) is 5.10 Å². The van der Waals surface area contributed by atoms with Gasteiger partial charge in [-0.1, -0.05) is 0 Å². The first-order valence-electron chi connectivity index (χ1n) is 12.1. The summed E-state index contributed by atoms with van der Waals surface area (Å²) in [6, 6.07) is 3.67. The van der Waals surface area contributed by atoms with Gasteiger partial charge in [-0.3, -0.25) is 9.59 Å². The number of rotatable bonds is 6. The number of hydrogen-bond acceptors (Lipinski definition) is 7. The van der Waals surface area contributed by atoms with Gasteiger partial charge < -0.3 is 25.0 Å². The summed E-state index contributed by atoms with van der Waals surface area (Å²) in [5.41, 5.74) is 2.50. The Hall–Kier alpha value is -3.24. The van der Waals surface area contributed by atoms with Crippen LogP contribution in [0.5, 0.6) is 0 Å². The van der Waals surface area contributed by atoms with Gasteiger partial charge in [0.2, 0.25) is 0 Å². The number of carbonyl (C=O) groups is 2. The van der Waals surface area contributed by atoms with Crippen LogP contribution in [0, 0.1) is 0 Å². The molecule has 4 heterocycles. The van der Waals surface area contributed by atoms with Crippen LogP contribution in [-0.4, -0.2) is 75.8 Å². The molecule has 1 aromatic heterocycles. The Morgan fingerprint density at radius 1 is 1.26 bits per heavy atom. The molecule has 3 aliphatic rings. The van der Waals surface area contributed by atoms with Crippen molar-refractivity contribution in [3.63, 3.8) is 0 Å². The van der Waals surface area contributed by atoms with Crippen molar-refractivity contribution in [3.8, 4) is 0 Å². The summed E-state index contributed by atoms with van der Waals surface area (Å²) >= 11 is 0. The van der Waals surface area contributed by atoms with E-state index in [4.69, 9.17) is 4.74 Å². The van der Waals surface area contributed by atoms with Gasteiger partial charge in [-0.25, -0.2) is 9.67 Å². The molecule has 2 aromatic rings. The van der Waals surface area contributed by atoms with Gasteiger partial charge in [-0.05, 0) is 44.9 Å². The third kappa shape index (κ3) is 4.68. The average Bonchev–Trinajstić information content (AvgIpc) is 3.39. The number of amides is 2. The van der Waals surface area contributed by atoms with Crippen LogP contribution >= 0.6 is 0 Å². The Morgan fingerprint density at radius 2 is 2.03 bits per heavy atom. The van der Waals surface area contributed by atoms with Crippen LogP contribution in [0.4, 0.5) is 17.2 Å². The summed E-state index contributed by atoms with van der Waals surface area (Å²) in [5.74, 6) is 0.227. The first-order valence-corrected chi connectivity index (χ1v) is 12.1. The number of aliphatic hydroxyl groups is 1. The predicted octanol–water partition coefficient (Wildman–Crippen LogP) is 2.58. The topological polar surface area (TPSA) is 112 Å². The number of fused-ring (bicyclic) bond motifs is 2. The minimum Gasteiger partial charge on any atom is -0.390 e. The lowest BCUT2D eigenvalue weighted by Crippen LogP contribution is -2.38. The molecule has 1 aromatic carbocycles. The lowest BCUT2D eigenvalue weighted by molar-refractivity contribution is 0.0344. The molecule has 0 aliphatic carbocycles. The van der Waals surface area contributed by atoms with E-state index < -0.39 is 5.60 Å². The Kier molecular flexibility index (Phi) is 6.10. The quantitative estimate of drug-likeness (QED) is 0.657. The van der Waals surface area contributed by atoms with Crippen molar-refractivity contribution in [2.24, 2.45) is 4.99 Å². The van der Waals surface area contributed by atoms with Crippen molar-refractivity contribution in [2.75, 3.05) is 36.5 Å². The van der Waals surface area contributed by atoms with Gasteiger partial charge in [0.25, 0.3) is 11.8 Å². The fourth-order valence-corrected chi connectivity index (χ4v) is 5.09. The molecule has 10 nitrogen and oxygen atoms in total. The lowest BCUT2D eigenvalue weighted by Gasteiger charge is -2.31. The molecule has 3 aliphatic heterocycles. The van der Waals surface area contributed by atoms with Crippen molar-refractivity contribution < 1.29 is 19.4 Å². The monoisotopic (exact) mass is 480 g/mol. The van der Waals surface area contributed by atoms with Crippen LogP contribution in [0.2, 0.25) is 0 Å². The van der Waals surface area contributed by atoms with Gasteiger partial charge in [0.15, 0.2) is 5.82 Å². The van der Waals surface area contributed by atoms with E-state index in [0.29, 0.717) is 68.4 Å². The second kappa shape index (κ2) is 9.09. The van der Waals surface area contributed by atoms with Gasteiger partial charge in [0.1, 0.15) is 5.56 Å². The number of benzene rings is 1. The maximum Gasteiger partial charge on any atom is 0.261 e. The summed E-state index contributed by atoms with van der Waals surface area (Å²) in [7, 11) is 0. The normalized spacial score (nSPS) is 18.5. The number of aryl methyl sites for hydroxylation is 1. The van der Waals surface area contributed by atoms with Crippen molar-refractivity contribution in [1.82, 2.24) is 14.7 Å².